The van der Waals surface area contributed by atoms with E-state index in [1.54, 1.807) is 18.0 Å². The fraction of sp³-hybridized carbons (Fsp3) is 0.500. The van der Waals surface area contributed by atoms with E-state index in [-0.39, 0.29) is 17.7 Å². The summed E-state index contributed by atoms with van der Waals surface area (Å²) in [7, 11) is 0. The summed E-state index contributed by atoms with van der Waals surface area (Å²) in [5.41, 5.74) is 3.45. The third kappa shape index (κ3) is 5.38. The average molecular weight is 458 g/mol. The van der Waals surface area contributed by atoms with Gasteiger partial charge in [0.1, 0.15) is 0 Å². The molecule has 4 rings (SSSR count). The maximum Gasteiger partial charge on any atom is 0.256 e. The quantitative estimate of drug-likeness (QED) is 0.504. The monoisotopic (exact) mass is 457 g/mol. The van der Waals surface area contributed by atoms with Gasteiger partial charge in [-0.15, -0.1) is 11.8 Å². The number of likely N-dealkylation sites (tertiary alicyclic amines) is 1. The van der Waals surface area contributed by atoms with Crippen molar-refractivity contribution < 1.29 is 9.59 Å². The summed E-state index contributed by atoms with van der Waals surface area (Å²) in [6, 6.07) is 5.69. The second kappa shape index (κ2) is 9.99. The first-order valence-corrected chi connectivity index (χ1v) is 12.7. The zero-order valence-electron chi connectivity index (χ0n) is 17.9. The third-order valence-corrected chi connectivity index (χ3v) is 7.48. The lowest BCUT2D eigenvalue weighted by atomic mass is 9.89. The van der Waals surface area contributed by atoms with Gasteiger partial charge in [-0.3, -0.25) is 14.6 Å². The Balaban J connectivity index is 1.37. The van der Waals surface area contributed by atoms with Crippen LogP contribution in [0.3, 0.4) is 0 Å². The van der Waals surface area contributed by atoms with Crippen molar-refractivity contribution in [1.29, 1.82) is 0 Å². The number of carbonyl (C=O) groups excluding carboxylic acids is 2. The molecule has 0 atom stereocenters. The van der Waals surface area contributed by atoms with Crippen LogP contribution in [0.2, 0.25) is 0 Å². The Hall–Kier alpha value is -2.13. The van der Waals surface area contributed by atoms with Gasteiger partial charge in [-0.1, -0.05) is 11.8 Å². The standard InChI is InChI=1S/C22H27N5O2S2/c1-15-3-4-18(21(29)27-11-12-30-14-27)20(24-15)17-6-9-26(10-7-17)19(28)13-31-22-23-8-5-16(2)25-22/h3-5,8,17H,6-7,9-14H2,1-2H3. The van der Waals surface area contributed by atoms with Crippen LogP contribution in [-0.2, 0) is 4.79 Å². The molecule has 0 unspecified atom stereocenters. The molecule has 7 nitrogen and oxygen atoms in total. The van der Waals surface area contributed by atoms with Crippen molar-refractivity contribution in [1.82, 2.24) is 24.8 Å². The van der Waals surface area contributed by atoms with Crippen LogP contribution < -0.4 is 0 Å². The molecular weight excluding hydrogens is 430 g/mol. The molecule has 164 valence electrons. The number of piperidine rings is 1. The van der Waals surface area contributed by atoms with Gasteiger partial charge < -0.3 is 9.80 Å². The zero-order valence-corrected chi connectivity index (χ0v) is 19.5. The molecule has 2 aliphatic rings. The molecule has 2 saturated heterocycles. The number of rotatable bonds is 5. The average Bonchev–Trinajstić information content (AvgIpc) is 3.32. The van der Waals surface area contributed by atoms with Gasteiger partial charge in [0.15, 0.2) is 5.16 Å². The van der Waals surface area contributed by atoms with Crippen molar-refractivity contribution in [3.05, 3.63) is 47.0 Å². The maximum atomic E-state index is 13.0. The molecule has 0 aromatic carbocycles. The number of hydrogen-bond acceptors (Lipinski definition) is 7. The van der Waals surface area contributed by atoms with Gasteiger partial charge in [0, 0.05) is 48.9 Å². The summed E-state index contributed by atoms with van der Waals surface area (Å²) in [6.07, 6.45) is 3.36. The van der Waals surface area contributed by atoms with Gasteiger partial charge in [0.05, 0.1) is 22.9 Å². The lowest BCUT2D eigenvalue weighted by Crippen LogP contribution is -2.39. The lowest BCUT2D eigenvalue weighted by molar-refractivity contribution is -0.129. The van der Waals surface area contributed by atoms with Gasteiger partial charge in [-0.25, -0.2) is 9.97 Å². The van der Waals surface area contributed by atoms with E-state index in [2.05, 4.69) is 9.97 Å². The molecule has 2 aromatic heterocycles. The van der Waals surface area contributed by atoms with Gasteiger partial charge in [0.25, 0.3) is 5.91 Å². The highest BCUT2D eigenvalue weighted by Gasteiger charge is 2.30. The smallest absolute Gasteiger partial charge is 0.256 e. The van der Waals surface area contributed by atoms with Crippen LogP contribution in [0, 0.1) is 13.8 Å². The molecule has 2 aromatic rings. The number of aromatic nitrogens is 3. The van der Waals surface area contributed by atoms with E-state index in [0.717, 1.165) is 53.7 Å². The Morgan fingerprint density at radius 3 is 2.55 bits per heavy atom. The highest BCUT2D eigenvalue weighted by Crippen LogP contribution is 2.31. The summed E-state index contributed by atoms with van der Waals surface area (Å²) < 4.78 is 0. The van der Waals surface area contributed by atoms with Gasteiger partial charge >= 0.3 is 0 Å². The lowest BCUT2D eigenvalue weighted by Gasteiger charge is -2.32. The Morgan fingerprint density at radius 1 is 1.06 bits per heavy atom. The number of thioether (sulfide) groups is 2. The van der Waals surface area contributed by atoms with Gasteiger partial charge in [-0.2, -0.15) is 0 Å². The topological polar surface area (TPSA) is 79.3 Å². The normalized spacial score (nSPS) is 17.2. The van der Waals surface area contributed by atoms with Gasteiger partial charge in [0.2, 0.25) is 5.91 Å². The zero-order chi connectivity index (χ0) is 21.8. The van der Waals surface area contributed by atoms with Crippen molar-refractivity contribution in [2.45, 2.75) is 37.8 Å². The summed E-state index contributed by atoms with van der Waals surface area (Å²) >= 11 is 3.16. The highest BCUT2D eigenvalue weighted by molar-refractivity contribution is 7.99. The Kier molecular flexibility index (Phi) is 7.12. The number of pyridine rings is 1. The first-order valence-electron chi connectivity index (χ1n) is 10.6. The molecule has 0 aliphatic carbocycles. The van der Waals surface area contributed by atoms with E-state index >= 15 is 0 Å². The molecule has 0 bridgehead atoms. The van der Waals surface area contributed by atoms with Crippen LogP contribution in [0.25, 0.3) is 0 Å². The van der Waals surface area contributed by atoms with Gasteiger partial charge in [-0.05, 0) is 44.9 Å². The van der Waals surface area contributed by atoms with E-state index in [0.29, 0.717) is 24.0 Å². The minimum Gasteiger partial charge on any atom is -0.342 e. The first-order chi connectivity index (χ1) is 15.0. The maximum absolute atomic E-state index is 13.0. The molecule has 9 heteroatoms. The number of hydrogen-bond donors (Lipinski definition) is 0. The number of carbonyl (C=O) groups is 2. The van der Waals surface area contributed by atoms with Crippen LogP contribution in [0.5, 0.6) is 0 Å². The van der Waals surface area contributed by atoms with Crippen molar-refractivity contribution in [2.75, 3.05) is 37.0 Å². The highest BCUT2D eigenvalue weighted by atomic mass is 32.2. The van der Waals surface area contributed by atoms with E-state index < -0.39 is 0 Å². The molecule has 0 radical (unpaired) electrons. The van der Waals surface area contributed by atoms with Crippen molar-refractivity contribution in [3.63, 3.8) is 0 Å². The molecule has 31 heavy (non-hydrogen) atoms. The van der Waals surface area contributed by atoms with E-state index in [9.17, 15) is 9.59 Å². The molecule has 0 N–H and O–H groups in total. The Bertz CT molecular complexity index is 957. The molecule has 4 heterocycles. The first kappa shape index (κ1) is 22.1. The predicted molar refractivity (Wildman–Crippen MR) is 123 cm³/mol. The minimum absolute atomic E-state index is 0.0839. The summed E-state index contributed by atoms with van der Waals surface area (Å²) in [5, 5.41) is 0.635. The summed E-state index contributed by atoms with van der Waals surface area (Å²) in [4.78, 5) is 42.8. The van der Waals surface area contributed by atoms with Crippen LogP contribution in [0.4, 0.5) is 0 Å². The largest absolute Gasteiger partial charge is 0.342 e. The third-order valence-electron chi connectivity index (χ3n) is 5.67. The molecule has 2 amide bonds. The van der Waals surface area contributed by atoms with E-state index in [1.165, 1.54) is 11.8 Å². The van der Waals surface area contributed by atoms with Crippen LogP contribution in [0.1, 0.15) is 46.2 Å². The Labute approximate surface area is 191 Å². The summed E-state index contributed by atoms with van der Waals surface area (Å²) in [6.45, 7) is 6.04. The van der Waals surface area contributed by atoms with E-state index in [1.807, 2.05) is 41.8 Å². The SMILES string of the molecule is Cc1ccnc(SCC(=O)N2CCC(c3nc(C)ccc3C(=O)N3CCSC3)CC2)n1. The van der Waals surface area contributed by atoms with Crippen molar-refractivity contribution in [3.8, 4) is 0 Å². The summed E-state index contributed by atoms with van der Waals surface area (Å²) in [5.74, 6) is 2.48. The second-order valence-corrected chi connectivity index (χ2v) is 9.93. The second-order valence-electron chi connectivity index (χ2n) is 7.92. The predicted octanol–water partition coefficient (Wildman–Crippen LogP) is 3.13. The fourth-order valence-electron chi connectivity index (χ4n) is 3.93. The number of amides is 2. The van der Waals surface area contributed by atoms with E-state index in [4.69, 9.17) is 4.98 Å². The van der Waals surface area contributed by atoms with Crippen LogP contribution in [-0.4, -0.2) is 73.6 Å². The minimum atomic E-state index is 0.0839. The number of aryl methyl sites for hydroxylation is 2. The molecule has 2 aliphatic heterocycles. The molecule has 2 fully saturated rings. The fourth-order valence-corrected chi connectivity index (χ4v) is 5.65. The Morgan fingerprint density at radius 2 is 1.84 bits per heavy atom. The molecular formula is C22H27N5O2S2. The van der Waals surface area contributed by atoms with Crippen molar-refractivity contribution in [2.24, 2.45) is 0 Å². The molecule has 0 saturated carbocycles. The van der Waals surface area contributed by atoms with Crippen LogP contribution in [0.15, 0.2) is 29.6 Å². The van der Waals surface area contributed by atoms with Crippen LogP contribution >= 0.6 is 23.5 Å². The van der Waals surface area contributed by atoms with Crippen molar-refractivity contribution >= 4 is 35.3 Å². The molecule has 0 spiro atoms. The number of nitrogens with zero attached hydrogens (tertiary/aromatic N) is 5.